The molecule has 0 spiro atoms. The molecular weight excluding hydrogens is 492 g/mol. The van der Waals surface area contributed by atoms with Crippen LogP contribution in [0, 0.1) is 0 Å². The zero-order chi connectivity index (χ0) is 27.7. The number of fused-ring (bicyclic) bond motifs is 3. The molecule has 2 amide bonds. The lowest BCUT2D eigenvalue weighted by atomic mass is 9.88. The summed E-state index contributed by atoms with van der Waals surface area (Å²) in [6.07, 6.45) is 0. The minimum absolute atomic E-state index is 0.318. The average Bonchev–Trinajstić information content (AvgIpc) is 3.29. The molecule has 4 nitrogen and oxygen atoms in total. The summed E-state index contributed by atoms with van der Waals surface area (Å²) in [5.41, 5.74) is 8.87. The van der Waals surface area contributed by atoms with Crippen LogP contribution in [0.3, 0.4) is 0 Å². The van der Waals surface area contributed by atoms with Gasteiger partial charge in [-0.15, -0.1) is 0 Å². The van der Waals surface area contributed by atoms with Gasteiger partial charge in [-0.05, 0) is 46.0 Å². The van der Waals surface area contributed by atoms with Crippen molar-refractivity contribution in [3.63, 3.8) is 0 Å². The first-order valence-electron chi connectivity index (χ1n) is 13.9. The molecular formula is C36H30N2O2. The van der Waals surface area contributed by atoms with Crippen molar-refractivity contribution in [1.29, 1.82) is 0 Å². The number of carbonyl (C=O) groups is 2. The number of hydrogen-bond donors (Lipinski definition) is 1. The molecule has 40 heavy (non-hydrogen) atoms. The first-order valence-corrected chi connectivity index (χ1v) is 13.9. The summed E-state index contributed by atoms with van der Waals surface area (Å²) in [7, 11) is 0. The van der Waals surface area contributed by atoms with Crippen molar-refractivity contribution >= 4 is 44.4 Å². The van der Waals surface area contributed by atoms with Crippen molar-refractivity contribution < 1.29 is 9.59 Å². The third kappa shape index (κ3) is 3.39. The number of amides is 2. The molecule has 1 N–H and O–H groups in total. The summed E-state index contributed by atoms with van der Waals surface area (Å²) in [6, 6.07) is 31.2. The van der Waals surface area contributed by atoms with Crippen LogP contribution in [0.2, 0.25) is 0 Å². The summed E-state index contributed by atoms with van der Waals surface area (Å²) < 4.78 is 2.42. The fourth-order valence-corrected chi connectivity index (χ4v) is 6.50. The predicted octanol–water partition coefficient (Wildman–Crippen LogP) is 8.73. The smallest absolute Gasteiger partial charge is 0.259 e. The van der Waals surface area contributed by atoms with Crippen LogP contribution in [0.25, 0.3) is 49.4 Å². The third-order valence-electron chi connectivity index (χ3n) is 8.30. The van der Waals surface area contributed by atoms with Gasteiger partial charge in [-0.25, -0.2) is 0 Å². The molecule has 0 saturated carbocycles. The van der Waals surface area contributed by atoms with Gasteiger partial charge in [0.2, 0.25) is 0 Å². The molecule has 0 atom stereocenters. The lowest BCUT2D eigenvalue weighted by molar-refractivity contribution is 0.0845. The predicted molar refractivity (Wildman–Crippen MR) is 164 cm³/mol. The number of nitrogens with one attached hydrogen (secondary N) is 1. The fourth-order valence-electron chi connectivity index (χ4n) is 6.50. The molecule has 5 aromatic carbocycles. The summed E-state index contributed by atoms with van der Waals surface area (Å²) in [6.45, 7) is 8.98. The molecule has 1 aliphatic heterocycles. The maximum atomic E-state index is 13.5. The molecule has 1 aromatic heterocycles. The van der Waals surface area contributed by atoms with E-state index in [-0.39, 0.29) is 11.8 Å². The van der Waals surface area contributed by atoms with Crippen LogP contribution in [0.1, 0.15) is 71.4 Å². The molecule has 7 rings (SSSR count). The van der Waals surface area contributed by atoms with Crippen molar-refractivity contribution in [2.45, 2.75) is 39.5 Å². The first-order chi connectivity index (χ1) is 19.4. The van der Waals surface area contributed by atoms with Crippen molar-refractivity contribution in [3.8, 4) is 16.8 Å². The Morgan fingerprint density at radius 1 is 0.600 bits per heavy atom. The topological polar surface area (TPSA) is 51.1 Å². The monoisotopic (exact) mass is 522 g/mol. The number of benzene rings is 5. The first kappa shape index (κ1) is 24.3. The number of rotatable bonds is 4. The summed E-state index contributed by atoms with van der Waals surface area (Å²) in [5.74, 6) is -0.0640. The lowest BCUT2D eigenvalue weighted by Gasteiger charge is -2.24. The van der Waals surface area contributed by atoms with E-state index in [0.29, 0.717) is 23.0 Å². The SMILES string of the molecule is CC(C)c1cccc(C(C)C)c1-n1c2ccccc2c2cccc(-c3ccc4cccc5c4c3C(=O)NC5=O)c21. The molecule has 6 aromatic rings. The standard InChI is InChI=1S/C36H30N2O2/c1-20(2)23-12-8-13-24(21(3)4)33(23)38-30-17-6-5-11-25(30)27-14-9-15-28(34(27)38)26-19-18-22-10-7-16-29-31(22)32(26)36(40)37-35(29)39/h5-21H,1-4H3,(H,37,39,40). The number of nitrogens with zero attached hydrogens (tertiary/aromatic N) is 1. The minimum atomic E-state index is -0.352. The Labute approximate surface area is 233 Å². The van der Waals surface area contributed by atoms with Crippen LogP contribution in [0.15, 0.2) is 91.0 Å². The number of imide groups is 1. The highest BCUT2D eigenvalue weighted by Gasteiger charge is 2.29. The molecule has 4 heteroatoms. The molecule has 1 aliphatic rings. The van der Waals surface area contributed by atoms with Gasteiger partial charge in [0.1, 0.15) is 0 Å². The lowest BCUT2D eigenvalue weighted by Crippen LogP contribution is -2.35. The normalized spacial score (nSPS) is 13.2. The molecule has 0 bridgehead atoms. The van der Waals surface area contributed by atoms with Gasteiger partial charge >= 0.3 is 0 Å². The van der Waals surface area contributed by atoms with E-state index in [4.69, 9.17) is 0 Å². The highest BCUT2D eigenvalue weighted by molar-refractivity contribution is 6.28. The van der Waals surface area contributed by atoms with E-state index in [1.54, 1.807) is 6.07 Å². The maximum Gasteiger partial charge on any atom is 0.259 e. The maximum absolute atomic E-state index is 13.5. The van der Waals surface area contributed by atoms with E-state index in [1.807, 2.05) is 24.3 Å². The van der Waals surface area contributed by atoms with Crippen molar-refractivity contribution in [2.75, 3.05) is 0 Å². The van der Waals surface area contributed by atoms with Gasteiger partial charge in [-0.3, -0.25) is 14.9 Å². The fraction of sp³-hybridized carbons (Fsp3) is 0.167. The summed E-state index contributed by atoms with van der Waals surface area (Å²) in [5, 5.41) is 6.50. The average molecular weight is 523 g/mol. The number of hydrogen-bond acceptors (Lipinski definition) is 2. The van der Waals surface area contributed by atoms with E-state index >= 15 is 0 Å². The van der Waals surface area contributed by atoms with E-state index in [9.17, 15) is 9.59 Å². The third-order valence-corrected chi connectivity index (χ3v) is 8.30. The van der Waals surface area contributed by atoms with Crippen LogP contribution in [-0.4, -0.2) is 16.4 Å². The van der Waals surface area contributed by atoms with Crippen LogP contribution in [0.5, 0.6) is 0 Å². The second-order valence-electron chi connectivity index (χ2n) is 11.3. The Kier molecular flexibility index (Phi) is 5.43. The zero-order valence-corrected chi connectivity index (χ0v) is 23.1. The van der Waals surface area contributed by atoms with Gasteiger partial charge in [0.15, 0.2) is 0 Å². The number of para-hydroxylation sites is 3. The molecule has 2 heterocycles. The number of aromatic nitrogens is 1. The minimum Gasteiger partial charge on any atom is -0.308 e. The van der Waals surface area contributed by atoms with Crippen LogP contribution >= 0.6 is 0 Å². The molecule has 0 aliphatic carbocycles. The van der Waals surface area contributed by atoms with E-state index < -0.39 is 0 Å². The van der Waals surface area contributed by atoms with Gasteiger partial charge in [0.05, 0.1) is 22.3 Å². The Morgan fingerprint density at radius 2 is 1.25 bits per heavy atom. The van der Waals surface area contributed by atoms with E-state index in [0.717, 1.165) is 38.3 Å². The highest BCUT2D eigenvalue weighted by atomic mass is 16.2. The van der Waals surface area contributed by atoms with Crippen molar-refractivity contribution in [2.24, 2.45) is 0 Å². The number of carbonyl (C=O) groups excluding carboxylic acids is 2. The van der Waals surface area contributed by atoms with Crippen LogP contribution < -0.4 is 5.32 Å². The Morgan fingerprint density at radius 3 is 2.00 bits per heavy atom. The Balaban J connectivity index is 1.69. The van der Waals surface area contributed by atoms with Crippen LogP contribution in [-0.2, 0) is 0 Å². The van der Waals surface area contributed by atoms with Gasteiger partial charge < -0.3 is 4.57 Å². The second kappa shape index (κ2) is 8.92. The van der Waals surface area contributed by atoms with Crippen molar-refractivity contribution in [1.82, 2.24) is 9.88 Å². The molecule has 196 valence electrons. The molecule has 0 unspecified atom stereocenters. The van der Waals surface area contributed by atoms with Crippen molar-refractivity contribution in [3.05, 3.63) is 113 Å². The second-order valence-corrected chi connectivity index (χ2v) is 11.3. The van der Waals surface area contributed by atoms with E-state index in [2.05, 4.69) is 98.2 Å². The van der Waals surface area contributed by atoms with Crippen LogP contribution in [0.4, 0.5) is 0 Å². The molecule has 0 saturated heterocycles. The van der Waals surface area contributed by atoms with Gasteiger partial charge in [0.25, 0.3) is 11.8 Å². The summed E-state index contributed by atoms with van der Waals surface area (Å²) in [4.78, 5) is 26.3. The summed E-state index contributed by atoms with van der Waals surface area (Å²) >= 11 is 0. The largest absolute Gasteiger partial charge is 0.308 e. The Bertz CT molecular complexity index is 2000. The molecule has 0 radical (unpaired) electrons. The highest BCUT2D eigenvalue weighted by Crippen LogP contribution is 2.44. The molecule has 0 fully saturated rings. The van der Waals surface area contributed by atoms with Gasteiger partial charge in [0, 0.05) is 27.3 Å². The zero-order valence-electron chi connectivity index (χ0n) is 23.1. The van der Waals surface area contributed by atoms with Gasteiger partial charge in [-0.1, -0.05) is 107 Å². The van der Waals surface area contributed by atoms with E-state index in [1.165, 1.54) is 22.2 Å². The van der Waals surface area contributed by atoms with Gasteiger partial charge in [-0.2, -0.15) is 0 Å². The Hall–Kier alpha value is -4.70. The quantitative estimate of drug-likeness (QED) is 0.235.